The Morgan fingerprint density at radius 2 is 2.05 bits per heavy atom. The third-order valence-corrected chi connectivity index (χ3v) is 3.10. The molecular formula is C15H18N2O3. The van der Waals surface area contributed by atoms with E-state index >= 15 is 0 Å². The summed E-state index contributed by atoms with van der Waals surface area (Å²) in [6.45, 7) is 2.57. The molecule has 0 aliphatic rings. The van der Waals surface area contributed by atoms with Gasteiger partial charge in [0.25, 0.3) is 0 Å². The molecule has 1 aromatic carbocycles. The molecule has 2 aromatic rings. The molecule has 5 nitrogen and oxygen atoms in total. The summed E-state index contributed by atoms with van der Waals surface area (Å²) in [6, 6.07) is 8.29. The van der Waals surface area contributed by atoms with Crippen molar-refractivity contribution < 1.29 is 14.9 Å². The number of rotatable bonds is 5. The van der Waals surface area contributed by atoms with Gasteiger partial charge >= 0.3 is 0 Å². The largest absolute Gasteiger partial charge is 0.508 e. The first-order valence-electron chi connectivity index (χ1n) is 6.34. The van der Waals surface area contributed by atoms with E-state index < -0.39 is 0 Å². The molecule has 0 radical (unpaired) electrons. The zero-order valence-corrected chi connectivity index (χ0v) is 11.5. The molecule has 0 spiro atoms. The third kappa shape index (κ3) is 3.39. The lowest BCUT2D eigenvalue weighted by Crippen LogP contribution is -2.18. The lowest BCUT2D eigenvalue weighted by Gasteiger charge is -2.15. The zero-order chi connectivity index (χ0) is 14.5. The fourth-order valence-corrected chi connectivity index (χ4v) is 1.92. The van der Waals surface area contributed by atoms with Gasteiger partial charge in [-0.3, -0.25) is 0 Å². The van der Waals surface area contributed by atoms with Gasteiger partial charge in [-0.1, -0.05) is 12.1 Å². The van der Waals surface area contributed by atoms with Crippen molar-refractivity contribution in [1.29, 1.82) is 0 Å². The van der Waals surface area contributed by atoms with Gasteiger partial charge < -0.3 is 20.3 Å². The highest BCUT2D eigenvalue weighted by Crippen LogP contribution is 2.27. The zero-order valence-electron chi connectivity index (χ0n) is 11.5. The normalized spacial score (nSPS) is 12.1. The van der Waals surface area contributed by atoms with Crippen LogP contribution in [0.4, 0.5) is 0 Å². The molecule has 0 saturated heterocycles. The molecule has 0 aliphatic carbocycles. The second-order valence-corrected chi connectivity index (χ2v) is 4.55. The van der Waals surface area contributed by atoms with E-state index in [1.165, 1.54) is 6.07 Å². The molecule has 0 saturated carbocycles. The van der Waals surface area contributed by atoms with Crippen LogP contribution in [0, 0.1) is 0 Å². The Morgan fingerprint density at radius 1 is 1.25 bits per heavy atom. The summed E-state index contributed by atoms with van der Waals surface area (Å²) in [5.41, 5.74) is 1.76. The van der Waals surface area contributed by atoms with Crippen molar-refractivity contribution in [3.8, 4) is 17.4 Å². The van der Waals surface area contributed by atoms with Crippen LogP contribution in [0.2, 0.25) is 0 Å². The van der Waals surface area contributed by atoms with E-state index in [2.05, 4.69) is 10.3 Å². The molecular weight excluding hydrogens is 256 g/mol. The Kier molecular flexibility index (Phi) is 4.42. The number of phenols is 2. The third-order valence-electron chi connectivity index (χ3n) is 3.10. The average molecular weight is 274 g/mol. The highest BCUT2D eigenvalue weighted by atomic mass is 16.5. The number of hydrogen-bond acceptors (Lipinski definition) is 5. The van der Waals surface area contributed by atoms with Gasteiger partial charge in [-0.05, 0) is 18.6 Å². The number of aromatic hydroxyl groups is 2. The fraction of sp³-hybridized carbons (Fsp3) is 0.267. The SMILES string of the molecule is COc1ccc(CNC(C)c2ccc(O)cc2O)cn1. The molecule has 1 heterocycles. The van der Waals surface area contributed by atoms with Crippen LogP contribution in [0.15, 0.2) is 36.5 Å². The predicted molar refractivity (Wildman–Crippen MR) is 75.8 cm³/mol. The number of phenolic OH excluding ortho intramolecular Hbond substituents is 2. The molecule has 0 bridgehead atoms. The van der Waals surface area contributed by atoms with Crippen LogP contribution >= 0.6 is 0 Å². The number of benzene rings is 1. The molecule has 1 aromatic heterocycles. The highest BCUT2D eigenvalue weighted by Gasteiger charge is 2.10. The van der Waals surface area contributed by atoms with Crippen molar-refractivity contribution in [2.45, 2.75) is 19.5 Å². The van der Waals surface area contributed by atoms with E-state index in [4.69, 9.17) is 4.74 Å². The fourth-order valence-electron chi connectivity index (χ4n) is 1.92. The molecule has 3 N–H and O–H groups in total. The number of pyridine rings is 1. The van der Waals surface area contributed by atoms with Gasteiger partial charge in [0.05, 0.1) is 7.11 Å². The summed E-state index contributed by atoms with van der Waals surface area (Å²) < 4.78 is 5.00. The van der Waals surface area contributed by atoms with E-state index in [9.17, 15) is 10.2 Å². The first-order chi connectivity index (χ1) is 9.60. The minimum Gasteiger partial charge on any atom is -0.508 e. The Balaban J connectivity index is 1.98. The van der Waals surface area contributed by atoms with E-state index in [1.54, 1.807) is 31.5 Å². The smallest absolute Gasteiger partial charge is 0.212 e. The quantitative estimate of drug-likeness (QED) is 0.780. The molecule has 0 aliphatic heterocycles. The Labute approximate surface area is 117 Å². The van der Waals surface area contributed by atoms with Crippen LogP contribution in [-0.4, -0.2) is 22.3 Å². The molecule has 20 heavy (non-hydrogen) atoms. The number of nitrogens with zero attached hydrogens (tertiary/aromatic N) is 1. The van der Waals surface area contributed by atoms with Crippen LogP contribution in [0.5, 0.6) is 17.4 Å². The number of nitrogens with one attached hydrogen (secondary N) is 1. The van der Waals surface area contributed by atoms with E-state index in [1.807, 2.05) is 13.0 Å². The molecule has 1 unspecified atom stereocenters. The second kappa shape index (κ2) is 6.25. The van der Waals surface area contributed by atoms with Crippen molar-refractivity contribution >= 4 is 0 Å². The number of methoxy groups -OCH3 is 1. The van der Waals surface area contributed by atoms with Crippen LogP contribution in [0.3, 0.4) is 0 Å². The lowest BCUT2D eigenvalue weighted by atomic mass is 10.1. The van der Waals surface area contributed by atoms with Gasteiger partial charge in [0.1, 0.15) is 11.5 Å². The topological polar surface area (TPSA) is 74.6 Å². The summed E-state index contributed by atoms with van der Waals surface area (Å²) in [4.78, 5) is 4.13. The van der Waals surface area contributed by atoms with Gasteiger partial charge in [0.15, 0.2) is 0 Å². The number of hydrogen-bond donors (Lipinski definition) is 3. The van der Waals surface area contributed by atoms with Gasteiger partial charge in [-0.25, -0.2) is 4.98 Å². The summed E-state index contributed by atoms with van der Waals surface area (Å²) in [7, 11) is 1.58. The monoisotopic (exact) mass is 274 g/mol. The summed E-state index contributed by atoms with van der Waals surface area (Å²) in [5.74, 6) is 0.716. The van der Waals surface area contributed by atoms with Crippen molar-refractivity contribution in [2.24, 2.45) is 0 Å². The van der Waals surface area contributed by atoms with Gasteiger partial charge in [0, 0.05) is 36.5 Å². The Morgan fingerprint density at radius 3 is 2.65 bits per heavy atom. The van der Waals surface area contributed by atoms with Crippen molar-refractivity contribution in [3.05, 3.63) is 47.7 Å². The minimum atomic E-state index is -0.0438. The lowest BCUT2D eigenvalue weighted by molar-refractivity contribution is 0.397. The van der Waals surface area contributed by atoms with E-state index in [-0.39, 0.29) is 17.5 Å². The molecule has 2 rings (SSSR count). The predicted octanol–water partition coefficient (Wildman–Crippen LogP) is 2.35. The second-order valence-electron chi connectivity index (χ2n) is 4.55. The minimum absolute atomic E-state index is 0.0438. The summed E-state index contributed by atoms with van der Waals surface area (Å²) in [6.07, 6.45) is 1.75. The van der Waals surface area contributed by atoms with Gasteiger partial charge in [-0.15, -0.1) is 0 Å². The van der Waals surface area contributed by atoms with Crippen LogP contribution in [0.25, 0.3) is 0 Å². The summed E-state index contributed by atoms with van der Waals surface area (Å²) >= 11 is 0. The maximum atomic E-state index is 9.80. The van der Waals surface area contributed by atoms with Crippen molar-refractivity contribution in [1.82, 2.24) is 10.3 Å². The average Bonchev–Trinajstić information content (AvgIpc) is 2.45. The molecule has 5 heteroatoms. The first kappa shape index (κ1) is 14.1. The van der Waals surface area contributed by atoms with Gasteiger partial charge in [0.2, 0.25) is 5.88 Å². The molecule has 0 fully saturated rings. The molecule has 106 valence electrons. The number of aromatic nitrogens is 1. The van der Waals surface area contributed by atoms with Crippen LogP contribution in [0.1, 0.15) is 24.1 Å². The first-order valence-corrected chi connectivity index (χ1v) is 6.34. The molecule has 1 atom stereocenters. The standard InChI is InChI=1S/C15H18N2O3/c1-10(13-5-4-12(18)7-14(13)19)16-8-11-3-6-15(20-2)17-9-11/h3-7,9-10,16,18-19H,8H2,1-2H3. The van der Waals surface area contributed by atoms with Crippen LogP contribution < -0.4 is 10.1 Å². The summed E-state index contributed by atoms with van der Waals surface area (Å²) in [5, 5.41) is 22.4. The van der Waals surface area contributed by atoms with Crippen molar-refractivity contribution in [3.63, 3.8) is 0 Å². The van der Waals surface area contributed by atoms with Gasteiger partial charge in [-0.2, -0.15) is 0 Å². The highest BCUT2D eigenvalue weighted by molar-refractivity contribution is 5.40. The van der Waals surface area contributed by atoms with E-state index in [0.717, 1.165) is 11.1 Å². The van der Waals surface area contributed by atoms with E-state index in [0.29, 0.717) is 12.4 Å². The Bertz CT molecular complexity index is 570. The number of ether oxygens (including phenoxy) is 1. The van der Waals surface area contributed by atoms with Crippen LogP contribution in [-0.2, 0) is 6.54 Å². The maximum Gasteiger partial charge on any atom is 0.212 e. The molecule has 0 amide bonds. The van der Waals surface area contributed by atoms with Crippen molar-refractivity contribution in [2.75, 3.05) is 7.11 Å². The Hall–Kier alpha value is -2.27. The maximum absolute atomic E-state index is 9.80.